The van der Waals surface area contributed by atoms with E-state index in [9.17, 15) is 4.79 Å². The SMILES string of the molecule is Cc1ccc(NC=O)cc1Br. The van der Waals surface area contributed by atoms with Crippen molar-refractivity contribution in [1.29, 1.82) is 0 Å². The Hall–Kier alpha value is -0.830. The summed E-state index contributed by atoms with van der Waals surface area (Å²) in [5.41, 5.74) is 1.96. The van der Waals surface area contributed by atoms with Crippen LogP contribution in [0.25, 0.3) is 0 Å². The molecule has 0 aliphatic carbocycles. The minimum Gasteiger partial charge on any atom is -0.329 e. The normalized spacial score (nSPS) is 9.27. The molecule has 0 saturated carbocycles. The van der Waals surface area contributed by atoms with Gasteiger partial charge in [0.05, 0.1) is 0 Å². The average Bonchev–Trinajstić information content (AvgIpc) is 1.98. The summed E-state index contributed by atoms with van der Waals surface area (Å²) in [5.74, 6) is 0. The fourth-order valence-electron chi connectivity index (χ4n) is 0.751. The lowest BCUT2D eigenvalue weighted by Gasteiger charge is -2.00. The highest BCUT2D eigenvalue weighted by Crippen LogP contribution is 2.19. The molecule has 0 saturated heterocycles. The second-order valence-corrected chi connectivity index (χ2v) is 3.08. The standard InChI is InChI=1S/C8H8BrNO/c1-6-2-3-7(10-5-11)4-8(6)9/h2-5H,1H3,(H,10,11). The Kier molecular flexibility index (Phi) is 2.65. The maximum absolute atomic E-state index is 10.0. The summed E-state index contributed by atoms with van der Waals surface area (Å²) in [6, 6.07) is 5.66. The number of amides is 1. The minimum atomic E-state index is 0.664. The molecule has 0 unspecified atom stereocenters. The molecule has 0 aliphatic rings. The Morgan fingerprint density at radius 1 is 1.55 bits per heavy atom. The smallest absolute Gasteiger partial charge is 0.211 e. The molecule has 3 heteroatoms. The molecule has 0 aromatic heterocycles. The summed E-state index contributed by atoms with van der Waals surface area (Å²) in [4.78, 5) is 10.0. The molecule has 1 amide bonds. The first-order valence-electron chi connectivity index (χ1n) is 3.20. The minimum absolute atomic E-state index is 0.664. The predicted molar refractivity (Wildman–Crippen MR) is 48.6 cm³/mol. The van der Waals surface area contributed by atoms with E-state index in [-0.39, 0.29) is 0 Å². The van der Waals surface area contributed by atoms with Gasteiger partial charge in [-0.25, -0.2) is 0 Å². The van der Waals surface area contributed by atoms with Gasteiger partial charge >= 0.3 is 0 Å². The Balaban J connectivity index is 2.95. The van der Waals surface area contributed by atoms with Crippen molar-refractivity contribution in [3.63, 3.8) is 0 Å². The molecule has 0 radical (unpaired) electrons. The maximum Gasteiger partial charge on any atom is 0.211 e. The van der Waals surface area contributed by atoms with Gasteiger partial charge < -0.3 is 5.32 Å². The summed E-state index contributed by atoms with van der Waals surface area (Å²) in [5, 5.41) is 2.56. The molecule has 1 rings (SSSR count). The van der Waals surface area contributed by atoms with Crippen molar-refractivity contribution in [3.8, 4) is 0 Å². The molecule has 0 bridgehead atoms. The van der Waals surface area contributed by atoms with Crippen LogP contribution in [-0.4, -0.2) is 6.41 Å². The number of rotatable bonds is 2. The van der Waals surface area contributed by atoms with Crippen LogP contribution < -0.4 is 5.32 Å². The molecular weight excluding hydrogens is 206 g/mol. The highest BCUT2D eigenvalue weighted by atomic mass is 79.9. The van der Waals surface area contributed by atoms with E-state index in [2.05, 4.69) is 21.2 Å². The van der Waals surface area contributed by atoms with Gasteiger partial charge in [-0.05, 0) is 24.6 Å². The van der Waals surface area contributed by atoms with E-state index >= 15 is 0 Å². The van der Waals surface area contributed by atoms with E-state index in [1.165, 1.54) is 0 Å². The Bertz CT molecular complexity index is 273. The first-order valence-corrected chi connectivity index (χ1v) is 3.99. The monoisotopic (exact) mass is 213 g/mol. The van der Waals surface area contributed by atoms with Crippen molar-refractivity contribution >= 4 is 28.0 Å². The highest BCUT2D eigenvalue weighted by molar-refractivity contribution is 9.10. The molecule has 0 spiro atoms. The highest BCUT2D eigenvalue weighted by Gasteiger charge is 1.94. The number of aryl methyl sites for hydroxylation is 1. The van der Waals surface area contributed by atoms with Crippen LogP contribution in [-0.2, 0) is 4.79 Å². The molecule has 1 aromatic carbocycles. The fraction of sp³-hybridized carbons (Fsp3) is 0.125. The van der Waals surface area contributed by atoms with E-state index in [1.54, 1.807) is 0 Å². The molecule has 11 heavy (non-hydrogen) atoms. The van der Waals surface area contributed by atoms with Crippen LogP contribution >= 0.6 is 15.9 Å². The number of hydrogen-bond acceptors (Lipinski definition) is 1. The van der Waals surface area contributed by atoms with Crippen molar-refractivity contribution < 1.29 is 4.79 Å². The third-order valence-corrected chi connectivity index (χ3v) is 2.25. The second kappa shape index (κ2) is 3.53. The number of carbonyl (C=O) groups excluding carboxylic acids is 1. The number of hydrogen-bond donors (Lipinski definition) is 1. The number of halogens is 1. The molecule has 58 valence electrons. The van der Waals surface area contributed by atoms with Crippen molar-refractivity contribution in [2.75, 3.05) is 5.32 Å². The van der Waals surface area contributed by atoms with Gasteiger partial charge in [-0.2, -0.15) is 0 Å². The molecule has 0 aliphatic heterocycles. The third-order valence-electron chi connectivity index (χ3n) is 1.40. The number of carbonyl (C=O) groups is 1. The third kappa shape index (κ3) is 2.05. The first kappa shape index (κ1) is 8.27. The van der Waals surface area contributed by atoms with Gasteiger partial charge in [-0.15, -0.1) is 0 Å². The van der Waals surface area contributed by atoms with Gasteiger partial charge in [0.15, 0.2) is 0 Å². The van der Waals surface area contributed by atoms with Crippen LogP contribution in [0.1, 0.15) is 5.56 Å². The van der Waals surface area contributed by atoms with Crippen LogP contribution in [0.3, 0.4) is 0 Å². The number of nitrogens with one attached hydrogen (secondary N) is 1. The van der Waals surface area contributed by atoms with E-state index in [0.717, 1.165) is 15.7 Å². The van der Waals surface area contributed by atoms with Gasteiger partial charge in [0.1, 0.15) is 0 Å². The zero-order chi connectivity index (χ0) is 8.27. The summed E-state index contributed by atoms with van der Waals surface area (Å²) >= 11 is 3.36. The van der Waals surface area contributed by atoms with E-state index in [1.807, 2.05) is 25.1 Å². The van der Waals surface area contributed by atoms with Crippen LogP contribution in [0.15, 0.2) is 22.7 Å². The second-order valence-electron chi connectivity index (χ2n) is 2.23. The van der Waals surface area contributed by atoms with Crippen LogP contribution in [0.2, 0.25) is 0 Å². The molecule has 0 heterocycles. The van der Waals surface area contributed by atoms with Gasteiger partial charge in [-0.3, -0.25) is 4.79 Å². The van der Waals surface area contributed by atoms with E-state index in [0.29, 0.717) is 6.41 Å². The summed E-state index contributed by atoms with van der Waals surface area (Å²) in [7, 11) is 0. The zero-order valence-corrected chi connectivity index (χ0v) is 7.68. The lowest BCUT2D eigenvalue weighted by Crippen LogP contribution is -1.93. The van der Waals surface area contributed by atoms with Gasteiger partial charge in [0.25, 0.3) is 0 Å². The Morgan fingerprint density at radius 2 is 2.27 bits per heavy atom. The first-order chi connectivity index (χ1) is 5.24. The topological polar surface area (TPSA) is 29.1 Å². The van der Waals surface area contributed by atoms with Gasteiger partial charge in [0.2, 0.25) is 6.41 Å². The maximum atomic E-state index is 10.0. The molecular formula is C8H8BrNO. The predicted octanol–water partition coefficient (Wildman–Crippen LogP) is 2.33. The van der Waals surface area contributed by atoms with Crippen LogP contribution in [0.5, 0.6) is 0 Å². The summed E-state index contributed by atoms with van der Waals surface area (Å²) < 4.78 is 1.00. The summed E-state index contributed by atoms with van der Waals surface area (Å²) in [6.07, 6.45) is 0.664. The largest absolute Gasteiger partial charge is 0.329 e. The number of benzene rings is 1. The van der Waals surface area contributed by atoms with Crippen molar-refractivity contribution in [2.24, 2.45) is 0 Å². The molecule has 1 aromatic rings. The molecule has 1 N–H and O–H groups in total. The van der Waals surface area contributed by atoms with Crippen molar-refractivity contribution in [2.45, 2.75) is 6.92 Å². The van der Waals surface area contributed by atoms with Crippen molar-refractivity contribution in [3.05, 3.63) is 28.2 Å². The quantitative estimate of drug-likeness (QED) is 0.752. The molecule has 0 atom stereocenters. The van der Waals surface area contributed by atoms with Crippen molar-refractivity contribution in [1.82, 2.24) is 0 Å². The average molecular weight is 214 g/mol. The van der Waals surface area contributed by atoms with Crippen LogP contribution in [0.4, 0.5) is 5.69 Å². The zero-order valence-electron chi connectivity index (χ0n) is 6.10. The van der Waals surface area contributed by atoms with Gasteiger partial charge in [-0.1, -0.05) is 22.0 Å². The van der Waals surface area contributed by atoms with Crippen LogP contribution in [0, 0.1) is 6.92 Å². The molecule has 0 fully saturated rings. The lowest BCUT2D eigenvalue weighted by atomic mass is 10.2. The summed E-state index contributed by atoms with van der Waals surface area (Å²) in [6.45, 7) is 1.99. The van der Waals surface area contributed by atoms with E-state index < -0.39 is 0 Å². The Labute approximate surface area is 73.7 Å². The lowest BCUT2D eigenvalue weighted by molar-refractivity contribution is -0.105. The molecule has 2 nitrogen and oxygen atoms in total. The van der Waals surface area contributed by atoms with Gasteiger partial charge in [0, 0.05) is 10.2 Å². The Morgan fingerprint density at radius 3 is 2.82 bits per heavy atom. The number of anilines is 1. The van der Waals surface area contributed by atoms with E-state index in [4.69, 9.17) is 0 Å². The fourth-order valence-corrected chi connectivity index (χ4v) is 1.13.